The van der Waals surface area contributed by atoms with E-state index >= 15 is 0 Å². The molecule has 1 aliphatic heterocycles. The zero-order valence-electron chi connectivity index (χ0n) is 10.6. The van der Waals surface area contributed by atoms with Gasteiger partial charge >= 0.3 is 0 Å². The lowest BCUT2D eigenvalue weighted by Crippen LogP contribution is -2.13. The van der Waals surface area contributed by atoms with E-state index in [1.54, 1.807) is 0 Å². The van der Waals surface area contributed by atoms with E-state index in [0.29, 0.717) is 17.1 Å². The Morgan fingerprint density at radius 3 is 2.94 bits per heavy atom. The van der Waals surface area contributed by atoms with E-state index in [9.17, 15) is 0 Å². The van der Waals surface area contributed by atoms with E-state index in [-0.39, 0.29) is 6.04 Å². The molecule has 1 aliphatic rings. The first kappa shape index (κ1) is 12.9. The summed E-state index contributed by atoms with van der Waals surface area (Å²) < 4.78 is 5.28. The minimum Gasteiger partial charge on any atom is -0.338 e. The Hall–Kier alpha value is -0.550. The minimum absolute atomic E-state index is 0.121. The van der Waals surface area contributed by atoms with Gasteiger partial charge in [-0.05, 0) is 30.9 Å². The summed E-state index contributed by atoms with van der Waals surface area (Å²) in [5, 5.41) is 4.49. The summed E-state index contributed by atoms with van der Waals surface area (Å²) in [5.41, 5.74) is 6.04. The van der Waals surface area contributed by atoms with Gasteiger partial charge in [0.25, 0.3) is 0 Å². The average Bonchev–Trinajstić information content (AvgIpc) is 2.78. The predicted molar refractivity (Wildman–Crippen MR) is 69.7 cm³/mol. The van der Waals surface area contributed by atoms with Gasteiger partial charge in [0.2, 0.25) is 5.89 Å². The molecule has 4 nitrogen and oxygen atoms in total. The fraction of sp³-hybridized carbons (Fsp3) is 0.833. The van der Waals surface area contributed by atoms with Crippen molar-refractivity contribution in [2.75, 3.05) is 5.75 Å². The molecule has 0 aliphatic carbocycles. The van der Waals surface area contributed by atoms with Crippen LogP contribution in [0.5, 0.6) is 0 Å². The molecule has 2 atom stereocenters. The first-order valence-corrected chi connectivity index (χ1v) is 7.42. The van der Waals surface area contributed by atoms with Crippen LogP contribution in [-0.2, 0) is 0 Å². The average molecular weight is 255 g/mol. The van der Waals surface area contributed by atoms with Crippen LogP contribution in [0.1, 0.15) is 62.5 Å². The summed E-state index contributed by atoms with van der Waals surface area (Å²) in [6.07, 6.45) is 4.61. The zero-order valence-corrected chi connectivity index (χ0v) is 11.4. The first-order chi connectivity index (χ1) is 8.16. The Kier molecular flexibility index (Phi) is 4.45. The van der Waals surface area contributed by atoms with Gasteiger partial charge in [-0.25, -0.2) is 0 Å². The molecule has 5 heteroatoms. The van der Waals surface area contributed by atoms with E-state index in [1.807, 2.05) is 11.8 Å². The molecule has 0 spiro atoms. The van der Waals surface area contributed by atoms with E-state index in [1.165, 1.54) is 18.6 Å². The van der Waals surface area contributed by atoms with Gasteiger partial charge in [0.1, 0.15) is 0 Å². The molecule has 0 aromatic carbocycles. The maximum Gasteiger partial charge on any atom is 0.243 e. The molecule has 17 heavy (non-hydrogen) atoms. The number of nitrogens with two attached hydrogens (primary N) is 1. The molecular formula is C12H21N3OS. The molecule has 1 aromatic rings. The van der Waals surface area contributed by atoms with Crippen LogP contribution in [0, 0.1) is 5.92 Å². The molecule has 2 N–H and O–H groups in total. The van der Waals surface area contributed by atoms with Crippen LogP contribution in [-0.4, -0.2) is 15.9 Å². The molecular weight excluding hydrogens is 234 g/mol. The van der Waals surface area contributed by atoms with Crippen molar-refractivity contribution < 1.29 is 4.52 Å². The number of hydrogen-bond acceptors (Lipinski definition) is 5. The highest BCUT2D eigenvalue weighted by atomic mass is 32.2. The summed E-state index contributed by atoms with van der Waals surface area (Å²) in [4.78, 5) is 4.46. The van der Waals surface area contributed by atoms with Crippen molar-refractivity contribution in [2.24, 2.45) is 11.7 Å². The number of thioether (sulfide) groups is 1. The van der Waals surface area contributed by atoms with Gasteiger partial charge in [-0.1, -0.05) is 25.4 Å². The highest BCUT2D eigenvalue weighted by Gasteiger charge is 2.23. The standard InChI is InChI=1S/C12H21N3OS/c1-8(2)7-9(13)12-14-11(15-16-12)10-5-3-4-6-17-10/h8-10H,3-7,13H2,1-2H3/t9-,10?/m0/s1. The molecule has 96 valence electrons. The van der Waals surface area contributed by atoms with Crippen molar-refractivity contribution in [1.29, 1.82) is 0 Å². The minimum atomic E-state index is -0.121. The molecule has 1 saturated heterocycles. The largest absolute Gasteiger partial charge is 0.338 e. The van der Waals surface area contributed by atoms with Gasteiger partial charge in [0, 0.05) is 0 Å². The third kappa shape index (κ3) is 3.45. The molecule has 1 unspecified atom stereocenters. The van der Waals surface area contributed by atoms with E-state index in [2.05, 4.69) is 24.0 Å². The van der Waals surface area contributed by atoms with Crippen molar-refractivity contribution in [3.8, 4) is 0 Å². The third-order valence-corrected chi connectivity index (χ3v) is 4.34. The van der Waals surface area contributed by atoms with Gasteiger partial charge in [-0.2, -0.15) is 16.7 Å². The van der Waals surface area contributed by atoms with Gasteiger partial charge in [0.15, 0.2) is 5.82 Å². The van der Waals surface area contributed by atoms with Crippen molar-refractivity contribution in [3.05, 3.63) is 11.7 Å². The normalized spacial score (nSPS) is 22.9. The second kappa shape index (κ2) is 5.87. The van der Waals surface area contributed by atoms with Crippen molar-refractivity contribution >= 4 is 11.8 Å². The molecule has 1 aromatic heterocycles. The lowest BCUT2D eigenvalue weighted by molar-refractivity contribution is 0.332. The fourth-order valence-corrected chi connectivity index (χ4v) is 3.32. The van der Waals surface area contributed by atoms with Crippen LogP contribution in [0.2, 0.25) is 0 Å². The van der Waals surface area contributed by atoms with E-state index in [0.717, 1.165) is 18.7 Å². The van der Waals surface area contributed by atoms with E-state index < -0.39 is 0 Å². The maximum absolute atomic E-state index is 6.04. The van der Waals surface area contributed by atoms with Gasteiger partial charge < -0.3 is 10.3 Å². The third-order valence-electron chi connectivity index (χ3n) is 2.97. The number of nitrogens with zero attached hydrogens (tertiary/aromatic N) is 2. The van der Waals surface area contributed by atoms with Crippen LogP contribution >= 0.6 is 11.8 Å². The van der Waals surface area contributed by atoms with Gasteiger partial charge in [-0.15, -0.1) is 0 Å². The fourth-order valence-electron chi connectivity index (χ4n) is 2.08. The molecule has 2 heterocycles. The topological polar surface area (TPSA) is 64.9 Å². The summed E-state index contributed by atoms with van der Waals surface area (Å²) in [6.45, 7) is 4.29. The van der Waals surface area contributed by atoms with Crippen LogP contribution in [0.15, 0.2) is 4.52 Å². The van der Waals surface area contributed by atoms with Gasteiger partial charge in [0.05, 0.1) is 11.3 Å². The van der Waals surface area contributed by atoms with Crippen molar-refractivity contribution in [3.63, 3.8) is 0 Å². The molecule has 0 radical (unpaired) electrons. The van der Waals surface area contributed by atoms with Crippen molar-refractivity contribution in [2.45, 2.75) is 50.8 Å². The van der Waals surface area contributed by atoms with Crippen molar-refractivity contribution in [1.82, 2.24) is 10.1 Å². The summed E-state index contributed by atoms with van der Waals surface area (Å²) in [7, 11) is 0. The monoisotopic (exact) mass is 255 g/mol. The Balaban J connectivity index is 1.99. The summed E-state index contributed by atoms with van der Waals surface area (Å²) in [6, 6.07) is -0.121. The summed E-state index contributed by atoms with van der Waals surface area (Å²) >= 11 is 1.93. The number of hydrogen-bond donors (Lipinski definition) is 1. The quantitative estimate of drug-likeness (QED) is 0.895. The molecule has 1 fully saturated rings. The molecule has 0 bridgehead atoms. The summed E-state index contributed by atoms with van der Waals surface area (Å²) in [5.74, 6) is 3.18. The molecule has 2 rings (SSSR count). The highest BCUT2D eigenvalue weighted by molar-refractivity contribution is 7.99. The Bertz CT molecular complexity index is 347. The lowest BCUT2D eigenvalue weighted by atomic mass is 10.0. The molecule has 0 saturated carbocycles. The number of aromatic nitrogens is 2. The Morgan fingerprint density at radius 2 is 2.29 bits per heavy atom. The smallest absolute Gasteiger partial charge is 0.243 e. The van der Waals surface area contributed by atoms with Gasteiger partial charge in [-0.3, -0.25) is 0 Å². The van der Waals surface area contributed by atoms with E-state index in [4.69, 9.17) is 10.3 Å². The maximum atomic E-state index is 6.04. The Morgan fingerprint density at radius 1 is 1.47 bits per heavy atom. The Labute approximate surface area is 107 Å². The zero-order chi connectivity index (χ0) is 12.3. The SMILES string of the molecule is CC(C)C[C@H](N)c1nc(C2CCCCS2)no1. The number of rotatable bonds is 4. The predicted octanol–water partition coefficient (Wildman–Crippen LogP) is 3.07. The van der Waals surface area contributed by atoms with Crippen LogP contribution in [0.25, 0.3) is 0 Å². The lowest BCUT2D eigenvalue weighted by Gasteiger charge is -2.17. The second-order valence-corrected chi connectivity index (χ2v) is 6.39. The van der Waals surface area contributed by atoms with Crippen LogP contribution in [0.4, 0.5) is 0 Å². The first-order valence-electron chi connectivity index (χ1n) is 6.37. The van der Waals surface area contributed by atoms with Crippen LogP contribution < -0.4 is 5.73 Å². The molecule has 0 amide bonds. The highest BCUT2D eigenvalue weighted by Crippen LogP contribution is 2.37. The second-order valence-electron chi connectivity index (χ2n) is 5.08. The van der Waals surface area contributed by atoms with Crippen LogP contribution in [0.3, 0.4) is 0 Å².